The molecule has 0 aliphatic rings. The number of aromatic nitrogens is 5. The van der Waals surface area contributed by atoms with Gasteiger partial charge >= 0.3 is 0 Å². The maximum Gasteiger partial charge on any atom is 0.298 e. The zero-order valence-corrected chi connectivity index (χ0v) is 12.1. The zero-order chi connectivity index (χ0) is 15.4. The Morgan fingerprint density at radius 2 is 2.05 bits per heavy atom. The third-order valence-corrected chi connectivity index (χ3v) is 3.11. The molecule has 0 radical (unpaired) electrons. The fraction of sp³-hybridized carbons (Fsp3) is 0.667. The van der Waals surface area contributed by atoms with E-state index in [-0.39, 0.29) is 25.5 Å². The Bertz CT molecular complexity index is 661. The monoisotopic (exact) mass is 297 g/mol. The molecule has 9 heteroatoms. The van der Waals surface area contributed by atoms with Gasteiger partial charge < -0.3 is 14.9 Å². The second-order valence-electron chi connectivity index (χ2n) is 4.69. The van der Waals surface area contributed by atoms with Crippen molar-refractivity contribution < 1.29 is 14.9 Å². The average Bonchev–Trinajstić information content (AvgIpc) is 2.79. The Morgan fingerprint density at radius 3 is 2.67 bits per heavy atom. The van der Waals surface area contributed by atoms with Crippen molar-refractivity contribution in [1.82, 2.24) is 24.8 Å². The van der Waals surface area contributed by atoms with E-state index in [1.807, 2.05) is 6.92 Å². The lowest BCUT2D eigenvalue weighted by molar-refractivity contribution is -0.0556. The Kier molecular flexibility index (Phi) is 4.99. The van der Waals surface area contributed by atoms with Gasteiger partial charge in [0.15, 0.2) is 5.52 Å². The number of fused-ring (bicyclic) bond motifs is 1. The number of ether oxygens (including phenoxy) is 1. The molecule has 0 unspecified atom stereocenters. The van der Waals surface area contributed by atoms with E-state index >= 15 is 0 Å². The zero-order valence-electron chi connectivity index (χ0n) is 12.1. The van der Waals surface area contributed by atoms with E-state index in [2.05, 4.69) is 15.4 Å². The van der Waals surface area contributed by atoms with E-state index in [0.717, 1.165) is 23.2 Å². The fourth-order valence-corrected chi connectivity index (χ4v) is 2.00. The summed E-state index contributed by atoms with van der Waals surface area (Å²) in [4.78, 5) is 12.4. The highest BCUT2D eigenvalue weighted by atomic mass is 16.5. The van der Waals surface area contributed by atoms with Gasteiger partial charge in [0.1, 0.15) is 18.4 Å². The third-order valence-electron chi connectivity index (χ3n) is 3.11. The van der Waals surface area contributed by atoms with Crippen LogP contribution in [-0.4, -0.2) is 54.3 Å². The first-order chi connectivity index (χ1) is 10.1. The van der Waals surface area contributed by atoms with E-state index in [0.29, 0.717) is 11.0 Å². The van der Waals surface area contributed by atoms with Crippen LogP contribution in [0.4, 0.5) is 0 Å². The molecule has 0 atom stereocenters. The number of aliphatic hydroxyl groups excluding tert-OH is 2. The van der Waals surface area contributed by atoms with E-state index in [1.54, 1.807) is 7.05 Å². The molecule has 0 saturated heterocycles. The van der Waals surface area contributed by atoms with Crippen molar-refractivity contribution in [1.29, 1.82) is 0 Å². The van der Waals surface area contributed by atoms with Gasteiger partial charge in [0.25, 0.3) is 5.56 Å². The summed E-state index contributed by atoms with van der Waals surface area (Å²) >= 11 is 0. The number of hydrogen-bond acceptors (Lipinski definition) is 7. The van der Waals surface area contributed by atoms with Gasteiger partial charge in [-0.2, -0.15) is 9.78 Å². The lowest BCUT2D eigenvalue weighted by Crippen LogP contribution is -2.30. The number of aryl methyl sites for hydroxylation is 2. The van der Waals surface area contributed by atoms with Crippen molar-refractivity contribution in [3.8, 4) is 0 Å². The maximum atomic E-state index is 12.4. The Hall–Kier alpha value is -1.84. The maximum absolute atomic E-state index is 12.4. The first-order valence-corrected chi connectivity index (χ1v) is 6.75. The van der Waals surface area contributed by atoms with E-state index in [4.69, 9.17) is 14.9 Å². The molecular formula is C12H19N5O4. The molecule has 0 aromatic carbocycles. The van der Waals surface area contributed by atoms with Crippen LogP contribution in [0, 0.1) is 0 Å². The van der Waals surface area contributed by atoms with Gasteiger partial charge in [0.05, 0.1) is 18.9 Å². The third kappa shape index (κ3) is 3.09. The molecule has 21 heavy (non-hydrogen) atoms. The first kappa shape index (κ1) is 15.5. The minimum Gasteiger partial charge on any atom is -0.394 e. The summed E-state index contributed by atoms with van der Waals surface area (Å²) in [6, 6.07) is 0. The summed E-state index contributed by atoms with van der Waals surface area (Å²) < 4.78 is 7.71. The minimum atomic E-state index is -0.753. The first-order valence-electron chi connectivity index (χ1n) is 6.75. The van der Waals surface area contributed by atoms with Crippen LogP contribution < -0.4 is 5.56 Å². The van der Waals surface area contributed by atoms with Gasteiger partial charge in [-0.3, -0.25) is 9.48 Å². The molecule has 2 aromatic rings. The van der Waals surface area contributed by atoms with E-state index in [1.165, 1.54) is 4.68 Å². The van der Waals surface area contributed by atoms with Crippen LogP contribution in [0.25, 0.3) is 11.0 Å². The van der Waals surface area contributed by atoms with Crippen molar-refractivity contribution in [3.63, 3.8) is 0 Å². The molecule has 0 amide bonds. The van der Waals surface area contributed by atoms with E-state index < -0.39 is 6.10 Å². The predicted molar refractivity (Wildman–Crippen MR) is 73.6 cm³/mol. The number of rotatable bonds is 7. The smallest absolute Gasteiger partial charge is 0.298 e. The minimum absolute atomic E-state index is 0.193. The molecule has 116 valence electrons. The molecule has 2 heterocycles. The molecule has 0 bridgehead atoms. The average molecular weight is 297 g/mol. The predicted octanol–water partition coefficient (Wildman–Crippen LogP) is -1.20. The summed E-state index contributed by atoms with van der Waals surface area (Å²) in [5.74, 6) is 0. The van der Waals surface area contributed by atoms with Crippen LogP contribution in [0.2, 0.25) is 0 Å². The molecule has 2 aromatic heterocycles. The molecule has 9 nitrogen and oxygen atoms in total. The molecule has 2 rings (SSSR count). The lowest BCUT2D eigenvalue weighted by Gasteiger charge is -2.12. The number of hydrogen-bond donors (Lipinski definition) is 2. The highest BCUT2D eigenvalue weighted by Crippen LogP contribution is 2.12. The van der Waals surface area contributed by atoms with Gasteiger partial charge in [-0.25, -0.2) is 0 Å². The quantitative estimate of drug-likeness (QED) is 0.660. The Morgan fingerprint density at radius 1 is 1.33 bits per heavy atom. The van der Waals surface area contributed by atoms with Crippen LogP contribution in [0.1, 0.15) is 19.0 Å². The van der Waals surface area contributed by atoms with Crippen LogP contribution in [0.15, 0.2) is 4.79 Å². The van der Waals surface area contributed by atoms with Crippen LogP contribution in [0.3, 0.4) is 0 Å². The number of aliphatic hydroxyl groups is 2. The summed E-state index contributed by atoms with van der Waals surface area (Å²) in [6.07, 6.45) is 0.870. The van der Waals surface area contributed by atoms with Crippen LogP contribution in [0.5, 0.6) is 0 Å². The van der Waals surface area contributed by atoms with Gasteiger partial charge in [0, 0.05) is 7.05 Å². The van der Waals surface area contributed by atoms with E-state index in [9.17, 15) is 4.79 Å². The van der Waals surface area contributed by atoms with Crippen molar-refractivity contribution in [2.45, 2.75) is 32.6 Å². The van der Waals surface area contributed by atoms with Gasteiger partial charge in [-0.05, 0) is 6.42 Å². The van der Waals surface area contributed by atoms with Gasteiger partial charge in [-0.15, -0.1) is 5.10 Å². The standard InChI is InChI=1S/C12H19N5O4/c1-3-4-9-10-11(16(2)14-9)12(20)17(15-13-10)7-21-8(5-18)6-19/h8,18-19H,3-7H2,1-2H3. The lowest BCUT2D eigenvalue weighted by atomic mass is 10.2. The highest BCUT2D eigenvalue weighted by molar-refractivity contribution is 5.75. The summed E-state index contributed by atoms with van der Waals surface area (Å²) in [6.45, 7) is 1.15. The second-order valence-corrected chi connectivity index (χ2v) is 4.69. The molecule has 0 fully saturated rings. The SMILES string of the molecule is CCCc1nn(C)c2c(=O)n(COC(CO)CO)nnc12. The Labute approximate surface area is 120 Å². The molecule has 0 spiro atoms. The molecule has 0 aliphatic carbocycles. The summed E-state index contributed by atoms with van der Waals surface area (Å²) in [5.41, 5.74) is 1.24. The molecule has 0 aliphatic heterocycles. The normalized spacial score (nSPS) is 11.7. The largest absolute Gasteiger partial charge is 0.394 e. The van der Waals surface area contributed by atoms with Crippen molar-refractivity contribution in [3.05, 3.63) is 16.0 Å². The van der Waals surface area contributed by atoms with Crippen molar-refractivity contribution >= 4 is 11.0 Å². The van der Waals surface area contributed by atoms with Crippen molar-refractivity contribution in [2.75, 3.05) is 13.2 Å². The fourth-order valence-electron chi connectivity index (χ4n) is 2.00. The summed E-state index contributed by atoms with van der Waals surface area (Å²) in [7, 11) is 1.68. The number of nitrogens with zero attached hydrogens (tertiary/aromatic N) is 5. The highest BCUT2D eigenvalue weighted by Gasteiger charge is 2.16. The van der Waals surface area contributed by atoms with Gasteiger partial charge in [0.2, 0.25) is 0 Å². The molecule has 2 N–H and O–H groups in total. The van der Waals surface area contributed by atoms with Gasteiger partial charge in [-0.1, -0.05) is 18.6 Å². The van der Waals surface area contributed by atoms with Crippen molar-refractivity contribution in [2.24, 2.45) is 7.05 Å². The van der Waals surface area contributed by atoms with Crippen LogP contribution >= 0.6 is 0 Å². The van der Waals surface area contributed by atoms with Crippen LogP contribution in [-0.2, 0) is 24.9 Å². The molecule has 0 saturated carbocycles. The second kappa shape index (κ2) is 6.74. The Balaban J connectivity index is 2.33. The molecular weight excluding hydrogens is 278 g/mol. The topological polar surface area (TPSA) is 115 Å². The summed E-state index contributed by atoms with van der Waals surface area (Å²) in [5, 5.41) is 30.0.